The average molecular weight is 547 g/mol. The Kier molecular flexibility index (Phi) is 8.54. The van der Waals surface area contributed by atoms with Crippen LogP contribution in [0.4, 0.5) is 16.2 Å². The molecule has 1 heterocycles. The number of hydrogen-bond acceptors (Lipinski definition) is 6. The predicted octanol–water partition coefficient (Wildman–Crippen LogP) is 4.90. The normalized spacial score (nSPS) is 11.8. The second-order valence-corrected chi connectivity index (χ2v) is 10.1. The van der Waals surface area contributed by atoms with Gasteiger partial charge in [0.25, 0.3) is 0 Å². The Morgan fingerprint density at radius 2 is 1.62 bits per heavy atom. The van der Waals surface area contributed by atoms with Gasteiger partial charge >= 0.3 is 12.0 Å². The van der Waals surface area contributed by atoms with E-state index >= 15 is 0 Å². The van der Waals surface area contributed by atoms with Crippen molar-refractivity contribution >= 4 is 33.4 Å². The monoisotopic (exact) mass is 546 g/mol. The number of sulfonamides is 1. The van der Waals surface area contributed by atoms with Gasteiger partial charge in [0, 0.05) is 11.9 Å². The number of hydrogen-bond donors (Lipinski definition) is 4. The minimum atomic E-state index is -4.21. The lowest BCUT2D eigenvalue weighted by Crippen LogP contribution is -2.30. The SMILES string of the molecule is COc1ccc(-c2cccc(NC(=O)Nc3cccnc3)c2)cc1S(=O)(=O)N[C@@H](CC(=O)O)c1ccccc1. The summed E-state index contributed by atoms with van der Waals surface area (Å²) in [7, 11) is -2.86. The van der Waals surface area contributed by atoms with Crippen LogP contribution in [-0.4, -0.2) is 37.6 Å². The maximum atomic E-state index is 13.5. The molecule has 3 aromatic carbocycles. The zero-order valence-corrected chi connectivity index (χ0v) is 21.7. The molecule has 1 atom stereocenters. The van der Waals surface area contributed by atoms with Crippen LogP contribution in [-0.2, 0) is 14.8 Å². The molecule has 4 aromatic rings. The smallest absolute Gasteiger partial charge is 0.323 e. The molecule has 0 aliphatic rings. The number of benzene rings is 3. The van der Waals surface area contributed by atoms with Crippen molar-refractivity contribution in [3.05, 3.63) is 103 Å². The fourth-order valence-electron chi connectivity index (χ4n) is 3.91. The van der Waals surface area contributed by atoms with Gasteiger partial charge < -0.3 is 20.5 Å². The summed E-state index contributed by atoms with van der Waals surface area (Å²) in [4.78, 5) is 27.7. The Bertz CT molecular complexity index is 1560. The molecule has 1 aromatic heterocycles. The van der Waals surface area contributed by atoms with E-state index < -0.39 is 34.5 Å². The second-order valence-electron chi connectivity index (χ2n) is 8.45. The first kappa shape index (κ1) is 27.3. The minimum absolute atomic E-state index is 0.0958. The quantitative estimate of drug-likeness (QED) is 0.221. The molecule has 0 bridgehead atoms. The van der Waals surface area contributed by atoms with Gasteiger partial charge in [-0.3, -0.25) is 9.78 Å². The van der Waals surface area contributed by atoms with Gasteiger partial charge in [0.15, 0.2) is 0 Å². The highest BCUT2D eigenvalue weighted by molar-refractivity contribution is 7.89. The zero-order chi connectivity index (χ0) is 27.8. The number of methoxy groups -OCH3 is 1. The summed E-state index contributed by atoms with van der Waals surface area (Å²) in [5, 5.41) is 14.8. The molecule has 10 nitrogen and oxygen atoms in total. The number of carbonyl (C=O) groups excluding carboxylic acids is 1. The molecule has 0 saturated heterocycles. The number of nitrogens with one attached hydrogen (secondary N) is 3. The number of nitrogens with zero attached hydrogens (tertiary/aromatic N) is 1. The Balaban J connectivity index is 1.61. The van der Waals surface area contributed by atoms with E-state index in [0.717, 1.165) is 0 Å². The maximum absolute atomic E-state index is 13.5. The summed E-state index contributed by atoms with van der Waals surface area (Å²) in [5.41, 5.74) is 2.71. The molecular weight excluding hydrogens is 520 g/mol. The molecule has 4 rings (SSSR count). The van der Waals surface area contributed by atoms with Crippen molar-refractivity contribution in [2.45, 2.75) is 17.4 Å². The average Bonchev–Trinajstić information content (AvgIpc) is 2.93. The van der Waals surface area contributed by atoms with Crippen LogP contribution in [0.5, 0.6) is 5.75 Å². The van der Waals surface area contributed by atoms with Crippen molar-refractivity contribution in [1.29, 1.82) is 0 Å². The molecule has 2 amide bonds. The highest BCUT2D eigenvalue weighted by Crippen LogP contribution is 2.32. The highest BCUT2D eigenvalue weighted by atomic mass is 32.2. The highest BCUT2D eigenvalue weighted by Gasteiger charge is 2.27. The summed E-state index contributed by atoms with van der Waals surface area (Å²) in [6, 6.07) is 22.0. The third-order valence-corrected chi connectivity index (χ3v) is 7.20. The molecule has 4 N–H and O–H groups in total. The summed E-state index contributed by atoms with van der Waals surface area (Å²) < 4.78 is 34.8. The summed E-state index contributed by atoms with van der Waals surface area (Å²) >= 11 is 0. The van der Waals surface area contributed by atoms with E-state index in [0.29, 0.717) is 28.1 Å². The topological polar surface area (TPSA) is 147 Å². The molecule has 0 radical (unpaired) electrons. The molecule has 0 fully saturated rings. The molecule has 11 heteroatoms. The Labute approximate surface area is 225 Å². The van der Waals surface area contributed by atoms with Crippen LogP contribution < -0.4 is 20.1 Å². The predicted molar refractivity (Wildman–Crippen MR) is 147 cm³/mol. The van der Waals surface area contributed by atoms with E-state index in [2.05, 4.69) is 20.3 Å². The van der Waals surface area contributed by atoms with E-state index in [1.54, 1.807) is 79.0 Å². The van der Waals surface area contributed by atoms with Crippen LogP contribution in [0.15, 0.2) is 102 Å². The number of amides is 2. The first-order valence-electron chi connectivity index (χ1n) is 11.8. The number of aliphatic carboxylic acids is 1. The fourth-order valence-corrected chi connectivity index (χ4v) is 5.33. The van der Waals surface area contributed by atoms with E-state index in [1.165, 1.54) is 25.4 Å². The molecular formula is C28H26N4O6S. The van der Waals surface area contributed by atoms with Crippen LogP contribution in [0.2, 0.25) is 0 Å². The van der Waals surface area contributed by atoms with Crippen molar-refractivity contribution in [3.8, 4) is 16.9 Å². The summed E-state index contributed by atoms with van der Waals surface area (Å²) in [6.07, 6.45) is 2.67. The van der Waals surface area contributed by atoms with E-state index in [9.17, 15) is 23.1 Å². The number of ether oxygens (including phenoxy) is 1. The third-order valence-electron chi connectivity index (χ3n) is 5.70. The van der Waals surface area contributed by atoms with Gasteiger partial charge in [0.1, 0.15) is 10.6 Å². The lowest BCUT2D eigenvalue weighted by Gasteiger charge is -2.19. The largest absolute Gasteiger partial charge is 0.495 e. The molecule has 0 aliphatic carbocycles. The number of pyridine rings is 1. The standard InChI is InChI=1S/C28H26N4O6S/c1-38-25-13-12-21(20-9-5-10-22(15-20)30-28(35)31-23-11-6-14-29-18-23)16-26(25)39(36,37)32-24(17-27(33)34)19-7-3-2-4-8-19/h2-16,18,24,32H,17H2,1H3,(H,33,34)(H2,30,31,35)/t24-/m0/s1. The molecule has 0 spiro atoms. The van der Waals surface area contributed by atoms with E-state index in [4.69, 9.17) is 4.74 Å². The fraction of sp³-hybridized carbons (Fsp3) is 0.107. The summed E-state index contributed by atoms with van der Waals surface area (Å²) in [6.45, 7) is 0. The first-order chi connectivity index (χ1) is 18.7. The molecule has 0 aliphatic heterocycles. The lowest BCUT2D eigenvalue weighted by molar-refractivity contribution is -0.137. The minimum Gasteiger partial charge on any atom is -0.495 e. The molecule has 39 heavy (non-hydrogen) atoms. The number of carboxylic acids is 1. The number of carboxylic acid groups (broad SMARTS) is 1. The zero-order valence-electron chi connectivity index (χ0n) is 20.9. The molecule has 200 valence electrons. The van der Waals surface area contributed by atoms with Crippen LogP contribution in [0.25, 0.3) is 11.1 Å². The lowest BCUT2D eigenvalue weighted by atomic mass is 10.0. The van der Waals surface area contributed by atoms with Gasteiger partial charge in [0.05, 0.1) is 31.5 Å². The van der Waals surface area contributed by atoms with Crippen LogP contribution in [0, 0.1) is 0 Å². The molecule has 0 unspecified atom stereocenters. The second kappa shape index (κ2) is 12.2. The van der Waals surface area contributed by atoms with Gasteiger partial charge in [-0.15, -0.1) is 0 Å². The van der Waals surface area contributed by atoms with Crippen molar-refractivity contribution in [3.63, 3.8) is 0 Å². The van der Waals surface area contributed by atoms with Crippen LogP contribution in [0.1, 0.15) is 18.0 Å². The van der Waals surface area contributed by atoms with Gasteiger partial charge in [-0.2, -0.15) is 0 Å². The Morgan fingerprint density at radius 3 is 2.31 bits per heavy atom. The third kappa shape index (κ3) is 7.18. The van der Waals surface area contributed by atoms with Gasteiger partial charge in [-0.25, -0.2) is 17.9 Å². The van der Waals surface area contributed by atoms with Crippen molar-refractivity contribution in [2.75, 3.05) is 17.7 Å². The van der Waals surface area contributed by atoms with Crippen LogP contribution in [0.3, 0.4) is 0 Å². The Morgan fingerprint density at radius 1 is 0.897 bits per heavy atom. The number of carbonyl (C=O) groups is 2. The van der Waals surface area contributed by atoms with E-state index in [1.807, 2.05) is 0 Å². The van der Waals surface area contributed by atoms with Gasteiger partial charge in [0.2, 0.25) is 10.0 Å². The Hall–Kier alpha value is -4.74. The number of urea groups is 1. The van der Waals surface area contributed by atoms with Crippen LogP contribution >= 0.6 is 0 Å². The van der Waals surface area contributed by atoms with Gasteiger partial charge in [-0.05, 0) is 53.1 Å². The van der Waals surface area contributed by atoms with Gasteiger partial charge in [-0.1, -0.05) is 48.5 Å². The van der Waals surface area contributed by atoms with Crippen molar-refractivity contribution < 1.29 is 27.9 Å². The first-order valence-corrected chi connectivity index (χ1v) is 13.3. The van der Waals surface area contributed by atoms with E-state index in [-0.39, 0.29) is 10.6 Å². The maximum Gasteiger partial charge on any atom is 0.323 e. The van der Waals surface area contributed by atoms with Crippen molar-refractivity contribution in [2.24, 2.45) is 0 Å². The summed E-state index contributed by atoms with van der Waals surface area (Å²) in [5.74, 6) is -1.05. The van der Waals surface area contributed by atoms with Crippen molar-refractivity contribution in [1.82, 2.24) is 9.71 Å². The molecule has 0 saturated carbocycles. The number of rotatable bonds is 10. The number of aromatic nitrogens is 1. The number of anilines is 2.